The van der Waals surface area contributed by atoms with Gasteiger partial charge >= 0.3 is 0 Å². The van der Waals surface area contributed by atoms with Crippen molar-refractivity contribution < 1.29 is 4.74 Å². The Balaban J connectivity index is 1.87. The van der Waals surface area contributed by atoms with Crippen molar-refractivity contribution in [1.82, 2.24) is 10.2 Å². The van der Waals surface area contributed by atoms with Crippen molar-refractivity contribution in [3.63, 3.8) is 0 Å². The summed E-state index contributed by atoms with van der Waals surface area (Å²) in [6, 6.07) is 1.37. The Bertz CT molecular complexity index is 228. The van der Waals surface area contributed by atoms with Crippen molar-refractivity contribution in [3.8, 4) is 0 Å². The van der Waals surface area contributed by atoms with Crippen molar-refractivity contribution in [2.45, 2.75) is 45.7 Å². The Hall–Kier alpha value is -0.120. The summed E-state index contributed by atoms with van der Waals surface area (Å²) in [7, 11) is 0. The van der Waals surface area contributed by atoms with Gasteiger partial charge in [-0.05, 0) is 25.2 Å². The lowest BCUT2D eigenvalue weighted by molar-refractivity contribution is 0.0881. The predicted molar refractivity (Wildman–Crippen MR) is 71.2 cm³/mol. The number of nitrogens with zero attached hydrogens (tertiary/aromatic N) is 1. The molecule has 100 valence electrons. The van der Waals surface area contributed by atoms with Gasteiger partial charge in [0.1, 0.15) is 0 Å². The minimum Gasteiger partial charge on any atom is -0.381 e. The molecular weight excluding hydrogens is 212 g/mol. The Kier molecular flexibility index (Phi) is 4.83. The van der Waals surface area contributed by atoms with E-state index in [-0.39, 0.29) is 0 Å². The van der Waals surface area contributed by atoms with E-state index in [0.717, 1.165) is 31.6 Å². The van der Waals surface area contributed by atoms with E-state index in [1.807, 2.05) is 0 Å². The molecule has 2 heterocycles. The number of piperazine rings is 1. The topological polar surface area (TPSA) is 24.5 Å². The number of ether oxygens (including phenoxy) is 1. The van der Waals surface area contributed by atoms with Crippen molar-refractivity contribution in [1.29, 1.82) is 0 Å². The van der Waals surface area contributed by atoms with Crippen LogP contribution in [0.25, 0.3) is 0 Å². The largest absolute Gasteiger partial charge is 0.381 e. The molecule has 0 bridgehead atoms. The molecule has 17 heavy (non-hydrogen) atoms. The highest BCUT2D eigenvalue weighted by Crippen LogP contribution is 2.23. The van der Waals surface area contributed by atoms with Gasteiger partial charge in [0.05, 0.1) is 6.61 Å². The number of hydrogen-bond donors (Lipinski definition) is 1. The monoisotopic (exact) mass is 240 g/mol. The summed E-state index contributed by atoms with van der Waals surface area (Å²) in [6.07, 6.45) is 2.52. The summed E-state index contributed by atoms with van der Waals surface area (Å²) in [5.74, 6) is 1.54. The fraction of sp³-hybridized carbons (Fsp3) is 1.00. The molecule has 0 aliphatic carbocycles. The first kappa shape index (κ1) is 13.3. The molecule has 2 rings (SSSR count). The van der Waals surface area contributed by atoms with E-state index in [1.54, 1.807) is 0 Å². The van der Waals surface area contributed by atoms with E-state index in [0.29, 0.717) is 12.1 Å². The first-order valence-electron chi connectivity index (χ1n) is 7.27. The molecule has 2 fully saturated rings. The van der Waals surface area contributed by atoms with Crippen LogP contribution in [-0.4, -0.2) is 49.8 Å². The van der Waals surface area contributed by atoms with Crippen LogP contribution in [0.1, 0.15) is 33.6 Å². The number of rotatable bonds is 4. The fourth-order valence-corrected chi connectivity index (χ4v) is 3.07. The Morgan fingerprint density at radius 2 is 2.24 bits per heavy atom. The first-order valence-corrected chi connectivity index (χ1v) is 7.27. The smallest absolute Gasteiger partial charge is 0.0509 e. The van der Waals surface area contributed by atoms with Crippen LogP contribution >= 0.6 is 0 Å². The summed E-state index contributed by atoms with van der Waals surface area (Å²) >= 11 is 0. The molecule has 4 unspecified atom stereocenters. The quantitative estimate of drug-likeness (QED) is 0.810. The minimum atomic E-state index is 0.679. The molecule has 4 atom stereocenters. The molecule has 0 saturated carbocycles. The highest BCUT2D eigenvalue weighted by atomic mass is 16.5. The molecule has 0 aromatic carbocycles. The lowest BCUT2D eigenvalue weighted by Gasteiger charge is -2.41. The molecule has 0 aromatic heterocycles. The Labute approximate surface area is 106 Å². The van der Waals surface area contributed by atoms with Crippen LogP contribution in [0.5, 0.6) is 0 Å². The standard InChI is InChI=1S/C14H28N2O/c1-4-11(2)14-9-16(7-6-15-14)12(3)13-5-8-17-10-13/h11-15H,4-10H2,1-3H3. The molecule has 3 nitrogen and oxygen atoms in total. The molecular formula is C14H28N2O. The van der Waals surface area contributed by atoms with Crippen LogP contribution in [0.15, 0.2) is 0 Å². The fourth-order valence-electron chi connectivity index (χ4n) is 3.07. The molecule has 1 N–H and O–H groups in total. The summed E-state index contributed by atoms with van der Waals surface area (Å²) in [6.45, 7) is 12.5. The zero-order valence-electron chi connectivity index (χ0n) is 11.6. The van der Waals surface area contributed by atoms with Crippen molar-refractivity contribution in [2.24, 2.45) is 11.8 Å². The van der Waals surface area contributed by atoms with Gasteiger partial charge in [0, 0.05) is 38.3 Å². The van der Waals surface area contributed by atoms with Gasteiger partial charge < -0.3 is 10.1 Å². The highest BCUT2D eigenvalue weighted by Gasteiger charge is 2.31. The number of nitrogens with one attached hydrogen (secondary N) is 1. The lowest BCUT2D eigenvalue weighted by atomic mass is 9.93. The van der Waals surface area contributed by atoms with Crippen LogP contribution in [0, 0.1) is 11.8 Å². The molecule has 2 aliphatic heterocycles. The third kappa shape index (κ3) is 3.21. The minimum absolute atomic E-state index is 0.679. The normalized spacial score (nSPS) is 34.8. The second-order valence-corrected chi connectivity index (χ2v) is 5.81. The van der Waals surface area contributed by atoms with Crippen molar-refractivity contribution >= 4 is 0 Å². The summed E-state index contributed by atoms with van der Waals surface area (Å²) in [5.41, 5.74) is 0. The highest BCUT2D eigenvalue weighted by molar-refractivity contribution is 4.87. The maximum absolute atomic E-state index is 5.52. The van der Waals surface area contributed by atoms with E-state index in [2.05, 4.69) is 31.0 Å². The average molecular weight is 240 g/mol. The lowest BCUT2D eigenvalue weighted by Crippen LogP contribution is -2.56. The van der Waals surface area contributed by atoms with Gasteiger partial charge in [0.15, 0.2) is 0 Å². The molecule has 0 aromatic rings. The molecule has 0 radical (unpaired) electrons. The van der Waals surface area contributed by atoms with E-state index in [9.17, 15) is 0 Å². The predicted octanol–water partition coefficient (Wildman–Crippen LogP) is 1.73. The van der Waals surface area contributed by atoms with Crippen LogP contribution in [-0.2, 0) is 4.74 Å². The van der Waals surface area contributed by atoms with Gasteiger partial charge in [-0.15, -0.1) is 0 Å². The van der Waals surface area contributed by atoms with E-state index >= 15 is 0 Å². The molecule has 3 heteroatoms. The van der Waals surface area contributed by atoms with E-state index < -0.39 is 0 Å². The third-order valence-corrected chi connectivity index (χ3v) is 4.79. The molecule has 2 aliphatic rings. The molecule has 0 spiro atoms. The Morgan fingerprint density at radius 1 is 1.41 bits per heavy atom. The zero-order valence-corrected chi connectivity index (χ0v) is 11.6. The maximum atomic E-state index is 5.52. The van der Waals surface area contributed by atoms with E-state index in [1.165, 1.54) is 25.9 Å². The van der Waals surface area contributed by atoms with Crippen LogP contribution in [0.3, 0.4) is 0 Å². The average Bonchev–Trinajstić information content (AvgIpc) is 2.91. The van der Waals surface area contributed by atoms with Gasteiger partial charge in [-0.1, -0.05) is 20.3 Å². The van der Waals surface area contributed by atoms with Crippen molar-refractivity contribution in [3.05, 3.63) is 0 Å². The SMILES string of the molecule is CCC(C)C1CN(C(C)C2CCOC2)CCN1. The Morgan fingerprint density at radius 3 is 2.88 bits per heavy atom. The first-order chi connectivity index (χ1) is 8.22. The van der Waals surface area contributed by atoms with Gasteiger partial charge in [-0.25, -0.2) is 0 Å². The van der Waals surface area contributed by atoms with Crippen LogP contribution < -0.4 is 5.32 Å². The van der Waals surface area contributed by atoms with Gasteiger partial charge in [0.25, 0.3) is 0 Å². The van der Waals surface area contributed by atoms with Gasteiger partial charge in [0.2, 0.25) is 0 Å². The second-order valence-electron chi connectivity index (χ2n) is 5.81. The summed E-state index contributed by atoms with van der Waals surface area (Å²) in [4.78, 5) is 2.67. The van der Waals surface area contributed by atoms with Crippen molar-refractivity contribution in [2.75, 3.05) is 32.8 Å². The summed E-state index contributed by atoms with van der Waals surface area (Å²) < 4.78 is 5.52. The zero-order chi connectivity index (χ0) is 12.3. The molecule has 0 amide bonds. The summed E-state index contributed by atoms with van der Waals surface area (Å²) in [5, 5.41) is 3.67. The van der Waals surface area contributed by atoms with Gasteiger partial charge in [-0.3, -0.25) is 4.90 Å². The number of hydrogen-bond acceptors (Lipinski definition) is 3. The van der Waals surface area contributed by atoms with Gasteiger partial charge in [-0.2, -0.15) is 0 Å². The van der Waals surface area contributed by atoms with Crippen LogP contribution in [0.2, 0.25) is 0 Å². The van der Waals surface area contributed by atoms with Crippen LogP contribution in [0.4, 0.5) is 0 Å². The van der Waals surface area contributed by atoms with E-state index in [4.69, 9.17) is 4.74 Å². The maximum Gasteiger partial charge on any atom is 0.0509 e. The third-order valence-electron chi connectivity index (χ3n) is 4.79. The second kappa shape index (κ2) is 6.17. The molecule has 2 saturated heterocycles.